The Balaban J connectivity index is 2.28. The van der Waals surface area contributed by atoms with Gasteiger partial charge in [0.15, 0.2) is 0 Å². The van der Waals surface area contributed by atoms with Crippen LogP contribution in [0.2, 0.25) is 0 Å². The molecule has 0 unspecified atom stereocenters. The van der Waals surface area contributed by atoms with Gasteiger partial charge in [0.05, 0.1) is 0 Å². The Morgan fingerprint density at radius 2 is 1.72 bits per heavy atom. The van der Waals surface area contributed by atoms with Gasteiger partial charge in [0.1, 0.15) is 12.1 Å². The van der Waals surface area contributed by atoms with Crippen LogP contribution in [0.25, 0.3) is 0 Å². The van der Waals surface area contributed by atoms with Gasteiger partial charge in [-0.05, 0) is 45.0 Å². The second-order valence-corrected chi connectivity index (χ2v) is 7.41. The number of amides is 3. The van der Waals surface area contributed by atoms with Crippen LogP contribution in [0, 0.1) is 0 Å². The predicted molar refractivity (Wildman–Crippen MR) is 99.3 cm³/mol. The van der Waals surface area contributed by atoms with Crippen molar-refractivity contribution in [2.45, 2.75) is 32.8 Å². The average molecular weight is 414 g/mol. The monoisotopic (exact) mass is 413 g/mol. The number of carbonyl (C=O) groups is 3. The molecule has 0 atom stereocenters. The fraction of sp³-hybridized carbons (Fsp3) is 0.471. The van der Waals surface area contributed by atoms with Gasteiger partial charge >= 0.3 is 6.09 Å². The van der Waals surface area contributed by atoms with Crippen LogP contribution < -0.4 is 10.6 Å². The lowest BCUT2D eigenvalue weighted by atomic mass is 10.2. The number of carbonyl (C=O) groups excluding carboxylic acids is 3. The number of likely N-dealkylation sites (N-methyl/N-ethyl adjacent to an activating group) is 1. The minimum atomic E-state index is -0.618. The summed E-state index contributed by atoms with van der Waals surface area (Å²) in [6.45, 7) is 5.31. The maximum absolute atomic E-state index is 11.8. The summed E-state index contributed by atoms with van der Waals surface area (Å²) in [5.74, 6) is -0.562. The summed E-state index contributed by atoms with van der Waals surface area (Å²) in [6, 6.07) is 7.19. The SMILES string of the molecule is CN(CC(=O)NCCC(=O)Nc1ccc(Br)cc1)C(=O)OC(C)(C)C. The molecule has 1 aromatic rings. The summed E-state index contributed by atoms with van der Waals surface area (Å²) < 4.78 is 6.08. The highest BCUT2D eigenvalue weighted by Crippen LogP contribution is 2.14. The largest absolute Gasteiger partial charge is 0.444 e. The van der Waals surface area contributed by atoms with E-state index >= 15 is 0 Å². The second-order valence-electron chi connectivity index (χ2n) is 6.49. The summed E-state index contributed by atoms with van der Waals surface area (Å²) >= 11 is 3.32. The lowest BCUT2D eigenvalue weighted by Crippen LogP contribution is -2.41. The molecule has 1 aromatic carbocycles. The maximum Gasteiger partial charge on any atom is 0.410 e. The van der Waals surface area contributed by atoms with Crippen molar-refractivity contribution < 1.29 is 19.1 Å². The first-order valence-electron chi connectivity index (χ1n) is 7.83. The fourth-order valence-corrected chi connectivity index (χ4v) is 2.01. The Morgan fingerprint density at radius 1 is 1.12 bits per heavy atom. The quantitative estimate of drug-likeness (QED) is 0.750. The molecule has 0 heterocycles. The lowest BCUT2D eigenvalue weighted by molar-refractivity contribution is -0.122. The van der Waals surface area contributed by atoms with Crippen molar-refractivity contribution in [1.29, 1.82) is 0 Å². The van der Waals surface area contributed by atoms with Crippen LogP contribution in [0.3, 0.4) is 0 Å². The molecule has 0 aliphatic heterocycles. The molecule has 0 saturated carbocycles. The molecule has 1 rings (SSSR count). The molecule has 8 heteroatoms. The van der Waals surface area contributed by atoms with E-state index in [0.717, 1.165) is 4.47 Å². The van der Waals surface area contributed by atoms with E-state index in [0.29, 0.717) is 5.69 Å². The second kappa shape index (κ2) is 9.41. The van der Waals surface area contributed by atoms with Crippen molar-refractivity contribution >= 4 is 39.5 Å². The van der Waals surface area contributed by atoms with Crippen molar-refractivity contribution in [3.05, 3.63) is 28.7 Å². The Bertz CT molecular complexity index is 611. The molecule has 0 aromatic heterocycles. The normalized spacial score (nSPS) is 10.8. The summed E-state index contributed by atoms with van der Waals surface area (Å²) in [4.78, 5) is 36.6. The Labute approximate surface area is 156 Å². The van der Waals surface area contributed by atoms with Crippen molar-refractivity contribution in [3.8, 4) is 0 Å². The average Bonchev–Trinajstić information content (AvgIpc) is 2.47. The van der Waals surface area contributed by atoms with E-state index in [4.69, 9.17) is 4.74 Å². The molecular weight excluding hydrogens is 390 g/mol. The summed E-state index contributed by atoms with van der Waals surface area (Å²) in [6.07, 6.45) is -0.437. The van der Waals surface area contributed by atoms with E-state index < -0.39 is 11.7 Å². The van der Waals surface area contributed by atoms with Gasteiger partial charge in [-0.1, -0.05) is 15.9 Å². The highest BCUT2D eigenvalue weighted by atomic mass is 79.9. The third kappa shape index (κ3) is 9.09. The van der Waals surface area contributed by atoms with Crippen molar-refractivity contribution in [3.63, 3.8) is 0 Å². The smallest absolute Gasteiger partial charge is 0.410 e. The van der Waals surface area contributed by atoms with Gasteiger partial charge in [0.2, 0.25) is 11.8 Å². The van der Waals surface area contributed by atoms with E-state index in [1.807, 2.05) is 12.1 Å². The maximum atomic E-state index is 11.8. The third-order valence-electron chi connectivity index (χ3n) is 2.89. The van der Waals surface area contributed by atoms with E-state index in [-0.39, 0.29) is 31.3 Å². The van der Waals surface area contributed by atoms with Crippen LogP contribution in [-0.2, 0) is 14.3 Å². The molecule has 0 fully saturated rings. The third-order valence-corrected chi connectivity index (χ3v) is 3.42. The zero-order valence-corrected chi connectivity index (χ0v) is 16.5. The molecule has 0 bridgehead atoms. The fourth-order valence-electron chi connectivity index (χ4n) is 1.75. The lowest BCUT2D eigenvalue weighted by Gasteiger charge is -2.24. The summed E-state index contributed by atoms with van der Waals surface area (Å²) in [7, 11) is 1.48. The number of nitrogens with zero attached hydrogens (tertiary/aromatic N) is 1. The van der Waals surface area contributed by atoms with Gasteiger partial charge < -0.3 is 20.3 Å². The van der Waals surface area contributed by atoms with Crippen LogP contribution in [-0.4, -0.2) is 48.5 Å². The number of benzene rings is 1. The molecule has 0 spiro atoms. The van der Waals surface area contributed by atoms with Crippen molar-refractivity contribution in [2.24, 2.45) is 0 Å². The zero-order chi connectivity index (χ0) is 19.0. The van der Waals surface area contributed by atoms with E-state index in [1.54, 1.807) is 32.9 Å². The first kappa shape index (κ1) is 21.0. The van der Waals surface area contributed by atoms with Crippen LogP contribution in [0.15, 0.2) is 28.7 Å². The Kier molecular flexibility index (Phi) is 7.89. The van der Waals surface area contributed by atoms with Gasteiger partial charge in [-0.25, -0.2) is 4.79 Å². The van der Waals surface area contributed by atoms with Gasteiger partial charge in [-0.3, -0.25) is 9.59 Å². The van der Waals surface area contributed by atoms with Crippen molar-refractivity contribution in [2.75, 3.05) is 25.5 Å². The van der Waals surface area contributed by atoms with Crippen LogP contribution in [0.4, 0.5) is 10.5 Å². The number of hydrogen-bond acceptors (Lipinski definition) is 4. The van der Waals surface area contributed by atoms with E-state index in [9.17, 15) is 14.4 Å². The number of ether oxygens (including phenoxy) is 1. The molecule has 0 saturated heterocycles. The van der Waals surface area contributed by atoms with Crippen LogP contribution >= 0.6 is 15.9 Å². The Morgan fingerprint density at radius 3 is 2.28 bits per heavy atom. The molecule has 0 radical (unpaired) electrons. The Hall–Kier alpha value is -2.09. The number of nitrogens with one attached hydrogen (secondary N) is 2. The first-order chi connectivity index (χ1) is 11.6. The number of halogens is 1. The van der Waals surface area contributed by atoms with Crippen molar-refractivity contribution in [1.82, 2.24) is 10.2 Å². The molecule has 3 amide bonds. The van der Waals surface area contributed by atoms with E-state index in [2.05, 4.69) is 26.6 Å². The minimum Gasteiger partial charge on any atom is -0.444 e. The molecule has 0 aliphatic rings. The van der Waals surface area contributed by atoms with Crippen LogP contribution in [0.5, 0.6) is 0 Å². The first-order valence-corrected chi connectivity index (χ1v) is 8.62. The topological polar surface area (TPSA) is 87.7 Å². The van der Waals surface area contributed by atoms with Gasteiger partial charge in [-0.2, -0.15) is 0 Å². The molecule has 138 valence electrons. The van der Waals surface area contributed by atoms with E-state index in [1.165, 1.54) is 11.9 Å². The number of rotatable bonds is 6. The standard InChI is InChI=1S/C17H24BrN3O4/c1-17(2,3)25-16(24)21(4)11-15(23)19-10-9-14(22)20-13-7-5-12(18)6-8-13/h5-8H,9-11H2,1-4H3,(H,19,23)(H,20,22). The van der Waals surface area contributed by atoms with Gasteiger partial charge in [0.25, 0.3) is 0 Å². The highest BCUT2D eigenvalue weighted by Gasteiger charge is 2.21. The van der Waals surface area contributed by atoms with Crippen LogP contribution in [0.1, 0.15) is 27.2 Å². The minimum absolute atomic E-state index is 0.136. The number of anilines is 1. The predicted octanol–water partition coefficient (Wildman–Crippen LogP) is 2.76. The molecular formula is C17H24BrN3O4. The highest BCUT2D eigenvalue weighted by molar-refractivity contribution is 9.10. The number of hydrogen-bond donors (Lipinski definition) is 2. The van der Waals surface area contributed by atoms with Gasteiger partial charge in [-0.15, -0.1) is 0 Å². The zero-order valence-electron chi connectivity index (χ0n) is 14.9. The molecule has 2 N–H and O–H groups in total. The summed E-state index contributed by atoms with van der Waals surface area (Å²) in [5, 5.41) is 5.33. The molecule has 7 nitrogen and oxygen atoms in total. The molecule has 0 aliphatic carbocycles. The van der Waals surface area contributed by atoms with Gasteiger partial charge in [0, 0.05) is 30.2 Å². The summed E-state index contributed by atoms with van der Waals surface area (Å²) in [5.41, 5.74) is 0.0663. The molecule has 25 heavy (non-hydrogen) atoms.